The lowest BCUT2D eigenvalue weighted by Gasteiger charge is -2.17. The Morgan fingerprint density at radius 2 is 1.95 bits per heavy atom. The summed E-state index contributed by atoms with van der Waals surface area (Å²) in [7, 11) is 3.40. The molecular weight excluding hydrogens is 393 g/mol. The first-order valence-corrected chi connectivity index (χ1v) is 7.30. The molecule has 0 saturated carbocycles. The van der Waals surface area contributed by atoms with Gasteiger partial charge in [-0.15, -0.1) is 24.0 Å². The minimum atomic E-state index is 0. The molecule has 0 radical (unpaired) electrons. The molecular formula is C16H28IN3O2. The molecule has 1 rings (SSSR count). The summed E-state index contributed by atoms with van der Waals surface area (Å²) in [6.45, 7) is 6.85. The molecule has 0 heterocycles. The lowest BCUT2D eigenvalue weighted by Crippen LogP contribution is -2.43. The summed E-state index contributed by atoms with van der Waals surface area (Å²) in [6, 6.07) is 8.50. The summed E-state index contributed by atoms with van der Waals surface area (Å²) in [5, 5.41) is 6.56. The van der Waals surface area contributed by atoms with Crippen molar-refractivity contribution in [3.63, 3.8) is 0 Å². The Kier molecular flexibility index (Phi) is 12.2. The highest BCUT2D eigenvalue weighted by atomic mass is 127. The third kappa shape index (κ3) is 8.55. The Morgan fingerprint density at radius 3 is 2.59 bits per heavy atom. The number of hydrogen-bond acceptors (Lipinski definition) is 3. The van der Waals surface area contributed by atoms with Crippen molar-refractivity contribution < 1.29 is 9.47 Å². The molecule has 126 valence electrons. The summed E-state index contributed by atoms with van der Waals surface area (Å²) >= 11 is 0. The Labute approximate surface area is 150 Å². The zero-order valence-electron chi connectivity index (χ0n) is 13.9. The molecule has 2 N–H and O–H groups in total. The minimum Gasteiger partial charge on any atom is -0.383 e. The summed E-state index contributed by atoms with van der Waals surface area (Å²) in [5.74, 6) is 0.805. The zero-order chi connectivity index (χ0) is 15.5. The first-order valence-electron chi connectivity index (χ1n) is 7.30. The Bertz CT molecular complexity index is 441. The highest BCUT2D eigenvalue weighted by Crippen LogP contribution is 2.07. The van der Waals surface area contributed by atoms with Crippen molar-refractivity contribution in [3.8, 4) is 0 Å². The number of hydrogen-bond donors (Lipinski definition) is 2. The van der Waals surface area contributed by atoms with Crippen LogP contribution in [0.1, 0.15) is 25.0 Å². The topological polar surface area (TPSA) is 54.9 Å². The van der Waals surface area contributed by atoms with Crippen LogP contribution in [-0.4, -0.2) is 39.4 Å². The van der Waals surface area contributed by atoms with Gasteiger partial charge in [-0.25, -0.2) is 4.99 Å². The second-order valence-corrected chi connectivity index (χ2v) is 4.95. The van der Waals surface area contributed by atoms with E-state index < -0.39 is 0 Å². The van der Waals surface area contributed by atoms with Gasteiger partial charge in [-0.05, 0) is 25.0 Å². The van der Waals surface area contributed by atoms with Crippen molar-refractivity contribution in [2.24, 2.45) is 4.99 Å². The molecule has 0 aliphatic rings. The first kappa shape index (κ1) is 21.1. The standard InChI is InChI=1S/C16H27N3O2.HI/c1-5-17-16(19-13(2)11-20-3)18-10-14-7-6-8-15(9-14)12-21-4;/h6-9,13H,5,10-12H2,1-4H3,(H2,17,18,19);1H. The molecule has 0 spiro atoms. The van der Waals surface area contributed by atoms with Crippen LogP contribution < -0.4 is 10.6 Å². The van der Waals surface area contributed by atoms with E-state index in [-0.39, 0.29) is 30.0 Å². The number of aliphatic imine (C=N–C) groups is 1. The second-order valence-electron chi connectivity index (χ2n) is 4.95. The molecule has 1 aromatic carbocycles. The van der Waals surface area contributed by atoms with Crippen molar-refractivity contribution >= 4 is 29.9 Å². The van der Waals surface area contributed by atoms with E-state index in [1.807, 2.05) is 6.07 Å². The van der Waals surface area contributed by atoms with Crippen LogP contribution in [0.3, 0.4) is 0 Å². The number of benzene rings is 1. The van der Waals surface area contributed by atoms with Gasteiger partial charge in [0.25, 0.3) is 0 Å². The van der Waals surface area contributed by atoms with E-state index in [0.29, 0.717) is 19.8 Å². The number of rotatable bonds is 8. The fourth-order valence-corrected chi connectivity index (χ4v) is 2.00. The number of nitrogens with zero attached hydrogens (tertiary/aromatic N) is 1. The van der Waals surface area contributed by atoms with Gasteiger partial charge in [-0.3, -0.25) is 0 Å². The summed E-state index contributed by atoms with van der Waals surface area (Å²) in [4.78, 5) is 4.61. The predicted molar refractivity (Wildman–Crippen MR) is 102 cm³/mol. The summed E-state index contributed by atoms with van der Waals surface area (Å²) in [5.41, 5.74) is 2.33. The maximum atomic E-state index is 5.15. The van der Waals surface area contributed by atoms with Crippen LogP contribution in [0.2, 0.25) is 0 Å². The smallest absolute Gasteiger partial charge is 0.191 e. The molecule has 0 aliphatic heterocycles. The molecule has 6 heteroatoms. The minimum absolute atomic E-state index is 0. The molecule has 0 fully saturated rings. The first-order chi connectivity index (χ1) is 10.2. The Balaban J connectivity index is 0.00000441. The SMILES string of the molecule is CCNC(=NCc1cccc(COC)c1)NC(C)COC.I. The largest absolute Gasteiger partial charge is 0.383 e. The fourth-order valence-electron chi connectivity index (χ4n) is 2.00. The molecule has 1 atom stereocenters. The summed E-state index contributed by atoms with van der Waals surface area (Å²) < 4.78 is 10.3. The fraction of sp³-hybridized carbons (Fsp3) is 0.562. The number of nitrogens with one attached hydrogen (secondary N) is 2. The average molecular weight is 421 g/mol. The van der Waals surface area contributed by atoms with Crippen LogP contribution in [0.15, 0.2) is 29.3 Å². The van der Waals surface area contributed by atoms with Crippen LogP contribution in [-0.2, 0) is 22.6 Å². The zero-order valence-corrected chi connectivity index (χ0v) is 16.2. The third-order valence-corrected chi connectivity index (χ3v) is 2.87. The monoisotopic (exact) mass is 421 g/mol. The van der Waals surface area contributed by atoms with Crippen molar-refractivity contribution in [1.82, 2.24) is 10.6 Å². The number of methoxy groups -OCH3 is 2. The molecule has 0 bridgehead atoms. The molecule has 0 amide bonds. The lowest BCUT2D eigenvalue weighted by atomic mass is 10.1. The van der Waals surface area contributed by atoms with Gasteiger partial charge < -0.3 is 20.1 Å². The number of guanidine groups is 1. The molecule has 0 saturated heterocycles. The van der Waals surface area contributed by atoms with Gasteiger partial charge in [0.1, 0.15) is 0 Å². The van der Waals surface area contributed by atoms with Gasteiger partial charge in [0.2, 0.25) is 0 Å². The van der Waals surface area contributed by atoms with Gasteiger partial charge in [-0.1, -0.05) is 24.3 Å². The van der Waals surface area contributed by atoms with E-state index in [1.54, 1.807) is 14.2 Å². The lowest BCUT2D eigenvalue weighted by molar-refractivity contribution is 0.179. The van der Waals surface area contributed by atoms with Gasteiger partial charge in [-0.2, -0.15) is 0 Å². The van der Waals surface area contributed by atoms with Crippen molar-refractivity contribution in [1.29, 1.82) is 0 Å². The molecule has 22 heavy (non-hydrogen) atoms. The van der Waals surface area contributed by atoms with Gasteiger partial charge >= 0.3 is 0 Å². The van der Waals surface area contributed by atoms with Gasteiger partial charge in [0, 0.05) is 26.8 Å². The van der Waals surface area contributed by atoms with E-state index >= 15 is 0 Å². The van der Waals surface area contributed by atoms with Gasteiger partial charge in [0.15, 0.2) is 5.96 Å². The van der Waals surface area contributed by atoms with E-state index in [2.05, 4.69) is 47.7 Å². The number of ether oxygens (including phenoxy) is 2. The third-order valence-electron chi connectivity index (χ3n) is 2.87. The maximum absolute atomic E-state index is 5.15. The molecule has 0 aromatic heterocycles. The van der Waals surface area contributed by atoms with E-state index in [0.717, 1.165) is 18.1 Å². The van der Waals surface area contributed by atoms with Crippen molar-refractivity contribution in [3.05, 3.63) is 35.4 Å². The average Bonchev–Trinajstić information content (AvgIpc) is 2.46. The number of halogens is 1. The Morgan fingerprint density at radius 1 is 1.23 bits per heavy atom. The highest BCUT2D eigenvalue weighted by Gasteiger charge is 2.04. The van der Waals surface area contributed by atoms with E-state index in [1.165, 1.54) is 5.56 Å². The normalized spacial score (nSPS) is 12.5. The van der Waals surface area contributed by atoms with Crippen LogP contribution in [0, 0.1) is 0 Å². The van der Waals surface area contributed by atoms with Crippen molar-refractivity contribution in [2.75, 3.05) is 27.4 Å². The maximum Gasteiger partial charge on any atom is 0.191 e. The van der Waals surface area contributed by atoms with Crippen LogP contribution in [0.25, 0.3) is 0 Å². The van der Waals surface area contributed by atoms with E-state index in [4.69, 9.17) is 9.47 Å². The quantitative estimate of drug-likeness (QED) is 0.385. The summed E-state index contributed by atoms with van der Waals surface area (Å²) in [6.07, 6.45) is 0. The van der Waals surface area contributed by atoms with Crippen LogP contribution >= 0.6 is 24.0 Å². The molecule has 1 unspecified atom stereocenters. The van der Waals surface area contributed by atoms with E-state index in [9.17, 15) is 0 Å². The molecule has 0 aliphatic carbocycles. The predicted octanol–water partition coefficient (Wildman–Crippen LogP) is 2.54. The highest BCUT2D eigenvalue weighted by molar-refractivity contribution is 14.0. The van der Waals surface area contributed by atoms with Crippen molar-refractivity contribution in [2.45, 2.75) is 33.0 Å². The molecule has 5 nitrogen and oxygen atoms in total. The van der Waals surface area contributed by atoms with Crippen LogP contribution in [0.4, 0.5) is 0 Å². The molecule has 1 aromatic rings. The van der Waals surface area contributed by atoms with Crippen LogP contribution in [0.5, 0.6) is 0 Å². The van der Waals surface area contributed by atoms with Gasteiger partial charge in [0.05, 0.1) is 19.8 Å². The Hall–Kier alpha value is -0.860. The second kappa shape index (κ2) is 12.7.